The molecule has 4 N–H and O–H groups in total. The summed E-state index contributed by atoms with van der Waals surface area (Å²) in [4.78, 5) is 2.24. The van der Waals surface area contributed by atoms with Crippen molar-refractivity contribution in [1.82, 2.24) is 4.90 Å². The molecule has 4 heteroatoms. The summed E-state index contributed by atoms with van der Waals surface area (Å²) in [6.07, 6.45) is 2.42. The van der Waals surface area contributed by atoms with E-state index < -0.39 is 5.60 Å². The van der Waals surface area contributed by atoms with Gasteiger partial charge in [-0.1, -0.05) is 6.92 Å². The number of hydrogen-bond acceptors (Lipinski definition) is 3. The minimum absolute atomic E-state index is 0.239. The summed E-state index contributed by atoms with van der Waals surface area (Å²) in [5.74, 6) is 0.239. The van der Waals surface area contributed by atoms with Gasteiger partial charge in [0.05, 0.1) is 11.4 Å². The standard InChI is InChI=1S/C10H21N3O/c1-3-8(6-9(11)12)13-5-4-10(2,14)7-13/h8,14H,3-7H2,1-2H3,(H3,11,12). The van der Waals surface area contributed by atoms with Gasteiger partial charge in [0, 0.05) is 25.6 Å². The predicted molar refractivity (Wildman–Crippen MR) is 57.4 cm³/mol. The Morgan fingerprint density at radius 3 is 2.71 bits per heavy atom. The maximum absolute atomic E-state index is 9.82. The van der Waals surface area contributed by atoms with Crippen molar-refractivity contribution in [2.75, 3.05) is 13.1 Å². The number of nitrogens with one attached hydrogen (secondary N) is 1. The van der Waals surface area contributed by atoms with Crippen molar-refractivity contribution >= 4 is 5.84 Å². The van der Waals surface area contributed by atoms with E-state index in [1.54, 1.807) is 0 Å². The van der Waals surface area contributed by atoms with Crippen molar-refractivity contribution in [3.63, 3.8) is 0 Å². The summed E-state index contributed by atoms with van der Waals surface area (Å²) in [7, 11) is 0. The summed E-state index contributed by atoms with van der Waals surface area (Å²) >= 11 is 0. The van der Waals surface area contributed by atoms with E-state index in [4.69, 9.17) is 11.1 Å². The van der Waals surface area contributed by atoms with E-state index in [1.807, 2.05) is 6.92 Å². The molecule has 0 aromatic rings. The Morgan fingerprint density at radius 2 is 2.36 bits per heavy atom. The van der Waals surface area contributed by atoms with Crippen LogP contribution in [0.15, 0.2) is 0 Å². The Morgan fingerprint density at radius 1 is 1.71 bits per heavy atom. The number of nitrogens with zero attached hydrogens (tertiary/aromatic N) is 1. The van der Waals surface area contributed by atoms with Gasteiger partial charge in [-0.25, -0.2) is 0 Å². The summed E-state index contributed by atoms with van der Waals surface area (Å²) < 4.78 is 0. The molecule has 1 aliphatic heterocycles. The zero-order valence-corrected chi connectivity index (χ0v) is 9.08. The molecule has 1 saturated heterocycles. The van der Waals surface area contributed by atoms with Crippen LogP contribution in [0, 0.1) is 5.41 Å². The molecule has 0 saturated carbocycles. The van der Waals surface area contributed by atoms with Crippen LogP contribution in [-0.4, -0.2) is 40.6 Å². The second-order valence-electron chi connectivity index (χ2n) is 4.51. The molecule has 1 fully saturated rings. The van der Waals surface area contributed by atoms with Gasteiger partial charge >= 0.3 is 0 Å². The Hall–Kier alpha value is -0.610. The SMILES string of the molecule is CCC(CC(=N)N)N1CCC(C)(O)C1. The minimum atomic E-state index is -0.551. The van der Waals surface area contributed by atoms with E-state index >= 15 is 0 Å². The molecule has 0 spiro atoms. The van der Waals surface area contributed by atoms with Gasteiger partial charge in [0.15, 0.2) is 0 Å². The molecule has 0 radical (unpaired) electrons. The van der Waals surface area contributed by atoms with Crippen LogP contribution < -0.4 is 5.73 Å². The van der Waals surface area contributed by atoms with E-state index in [0.717, 1.165) is 19.4 Å². The molecule has 0 amide bonds. The summed E-state index contributed by atoms with van der Waals surface area (Å²) in [6, 6.07) is 0.321. The first-order valence-electron chi connectivity index (χ1n) is 5.24. The molecule has 1 aliphatic rings. The van der Waals surface area contributed by atoms with Crippen molar-refractivity contribution in [1.29, 1.82) is 5.41 Å². The number of nitrogens with two attached hydrogens (primary N) is 1. The largest absolute Gasteiger partial charge is 0.389 e. The van der Waals surface area contributed by atoms with Gasteiger partial charge in [-0.2, -0.15) is 0 Å². The van der Waals surface area contributed by atoms with Gasteiger partial charge in [0.2, 0.25) is 0 Å². The molecule has 82 valence electrons. The molecule has 14 heavy (non-hydrogen) atoms. The Labute approximate surface area is 85.6 Å². The minimum Gasteiger partial charge on any atom is -0.389 e. The second-order valence-corrected chi connectivity index (χ2v) is 4.51. The van der Waals surface area contributed by atoms with Gasteiger partial charge in [-0.05, 0) is 19.8 Å². The number of aliphatic hydroxyl groups is 1. The van der Waals surface area contributed by atoms with Crippen LogP contribution in [0.3, 0.4) is 0 Å². The van der Waals surface area contributed by atoms with Gasteiger partial charge in [0.1, 0.15) is 0 Å². The van der Waals surface area contributed by atoms with Crippen LogP contribution in [-0.2, 0) is 0 Å². The fourth-order valence-corrected chi connectivity index (χ4v) is 2.08. The zero-order valence-electron chi connectivity index (χ0n) is 9.08. The second kappa shape index (κ2) is 4.28. The van der Waals surface area contributed by atoms with Crippen LogP contribution >= 0.6 is 0 Å². The third kappa shape index (κ3) is 2.96. The van der Waals surface area contributed by atoms with Crippen LogP contribution in [0.2, 0.25) is 0 Å². The highest BCUT2D eigenvalue weighted by Gasteiger charge is 2.34. The first kappa shape index (κ1) is 11.5. The Bertz CT molecular complexity index is 215. The molecule has 4 nitrogen and oxygen atoms in total. The van der Waals surface area contributed by atoms with Crippen molar-refractivity contribution in [2.45, 2.75) is 44.8 Å². The van der Waals surface area contributed by atoms with E-state index in [0.29, 0.717) is 19.0 Å². The average Bonchev–Trinajstić information content (AvgIpc) is 2.41. The fourth-order valence-electron chi connectivity index (χ4n) is 2.08. The lowest BCUT2D eigenvalue weighted by molar-refractivity contribution is 0.0622. The summed E-state index contributed by atoms with van der Waals surface area (Å²) in [5.41, 5.74) is 4.85. The number of rotatable bonds is 4. The van der Waals surface area contributed by atoms with E-state index in [-0.39, 0.29) is 5.84 Å². The topological polar surface area (TPSA) is 73.3 Å². The van der Waals surface area contributed by atoms with Gasteiger partial charge < -0.3 is 10.8 Å². The third-order valence-electron chi connectivity index (χ3n) is 2.92. The Kier molecular flexibility index (Phi) is 3.50. The number of hydrogen-bond donors (Lipinski definition) is 3. The van der Waals surface area contributed by atoms with Crippen molar-refractivity contribution in [3.8, 4) is 0 Å². The quantitative estimate of drug-likeness (QED) is 0.457. The molecule has 0 aromatic heterocycles. The lowest BCUT2D eigenvalue weighted by Gasteiger charge is -2.27. The third-order valence-corrected chi connectivity index (χ3v) is 2.92. The molecule has 0 aromatic carbocycles. The molecule has 2 unspecified atom stereocenters. The molecule has 0 bridgehead atoms. The summed E-state index contributed by atoms with van der Waals surface area (Å²) in [5, 5.41) is 17.1. The molecular formula is C10H21N3O. The monoisotopic (exact) mass is 199 g/mol. The fraction of sp³-hybridized carbons (Fsp3) is 0.900. The van der Waals surface area contributed by atoms with Crippen LogP contribution in [0.25, 0.3) is 0 Å². The predicted octanol–water partition coefficient (Wildman–Crippen LogP) is 0.548. The van der Waals surface area contributed by atoms with Crippen LogP contribution in [0.5, 0.6) is 0 Å². The highest BCUT2D eigenvalue weighted by Crippen LogP contribution is 2.24. The number of amidine groups is 1. The molecular weight excluding hydrogens is 178 g/mol. The van der Waals surface area contributed by atoms with Gasteiger partial charge in [-0.15, -0.1) is 0 Å². The lowest BCUT2D eigenvalue weighted by Crippen LogP contribution is -2.38. The van der Waals surface area contributed by atoms with E-state index in [1.165, 1.54) is 0 Å². The highest BCUT2D eigenvalue weighted by atomic mass is 16.3. The van der Waals surface area contributed by atoms with E-state index in [2.05, 4.69) is 11.8 Å². The highest BCUT2D eigenvalue weighted by molar-refractivity contribution is 5.77. The Balaban J connectivity index is 2.50. The molecule has 1 rings (SSSR count). The number of likely N-dealkylation sites (tertiary alicyclic amines) is 1. The van der Waals surface area contributed by atoms with Crippen LogP contribution in [0.4, 0.5) is 0 Å². The smallest absolute Gasteiger partial charge is 0.0921 e. The van der Waals surface area contributed by atoms with E-state index in [9.17, 15) is 5.11 Å². The van der Waals surface area contributed by atoms with Crippen molar-refractivity contribution in [2.24, 2.45) is 5.73 Å². The van der Waals surface area contributed by atoms with Crippen molar-refractivity contribution < 1.29 is 5.11 Å². The first-order chi connectivity index (χ1) is 6.44. The molecule has 2 atom stereocenters. The molecule has 0 aliphatic carbocycles. The lowest BCUT2D eigenvalue weighted by atomic mass is 10.1. The summed E-state index contributed by atoms with van der Waals surface area (Å²) in [6.45, 7) is 5.59. The van der Waals surface area contributed by atoms with Gasteiger partial charge in [-0.3, -0.25) is 10.3 Å². The first-order valence-corrected chi connectivity index (χ1v) is 5.24. The van der Waals surface area contributed by atoms with Crippen molar-refractivity contribution in [3.05, 3.63) is 0 Å². The van der Waals surface area contributed by atoms with Crippen LogP contribution in [0.1, 0.15) is 33.1 Å². The average molecular weight is 199 g/mol. The van der Waals surface area contributed by atoms with Gasteiger partial charge in [0.25, 0.3) is 0 Å². The maximum Gasteiger partial charge on any atom is 0.0921 e. The maximum atomic E-state index is 9.82. The normalized spacial score (nSPS) is 30.5. The number of β-amino-alcohol motifs (C(OH)–C–C–N with tert-alkyl or cyclic N) is 1. The zero-order chi connectivity index (χ0) is 10.8. The molecule has 1 heterocycles.